The summed E-state index contributed by atoms with van der Waals surface area (Å²) >= 11 is 7.47. The van der Waals surface area contributed by atoms with Crippen LogP contribution in [0.4, 0.5) is 10.3 Å². The lowest BCUT2D eigenvalue weighted by Crippen LogP contribution is -2.56. The summed E-state index contributed by atoms with van der Waals surface area (Å²) in [7, 11) is 4.64. The fourth-order valence-corrected chi connectivity index (χ4v) is 4.42. The molecule has 2 atom stereocenters. The highest BCUT2D eigenvalue weighted by Crippen LogP contribution is 2.42. The SMILES string of the molecule is COc1nc(N(C)C[C@H]2C(=O)N(C)C(N)=N[C@]2(C)c2ccc(Cl)s2)nc(C)c1F. The number of amides is 1. The molecule has 3 heterocycles. The Bertz CT molecular complexity index is 983. The molecule has 1 aliphatic rings. The Hall–Kier alpha value is -2.46. The number of thiophene rings is 1. The molecule has 0 saturated carbocycles. The number of hydrogen-bond acceptors (Lipinski definition) is 8. The molecule has 11 heteroatoms. The number of anilines is 1. The predicted octanol–water partition coefficient (Wildman–Crippen LogP) is 2.40. The summed E-state index contributed by atoms with van der Waals surface area (Å²) < 4.78 is 19.6. The summed E-state index contributed by atoms with van der Waals surface area (Å²) in [5, 5.41) is 0. The zero-order valence-electron chi connectivity index (χ0n) is 16.7. The zero-order valence-corrected chi connectivity index (χ0v) is 18.3. The monoisotopic (exact) mass is 440 g/mol. The Morgan fingerprint density at radius 2 is 2.14 bits per heavy atom. The van der Waals surface area contributed by atoms with E-state index in [1.165, 1.54) is 30.3 Å². The van der Waals surface area contributed by atoms with Crippen molar-refractivity contribution in [2.45, 2.75) is 19.4 Å². The van der Waals surface area contributed by atoms with Crippen molar-refractivity contribution in [1.29, 1.82) is 0 Å². The number of halogens is 2. The van der Waals surface area contributed by atoms with Gasteiger partial charge in [0.15, 0.2) is 5.96 Å². The maximum atomic E-state index is 14.0. The molecule has 1 amide bonds. The molecule has 0 aromatic carbocycles. The summed E-state index contributed by atoms with van der Waals surface area (Å²) in [5.74, 6) is -1.18. The van der Waals surface area contributed by atoms with Crippen molar-refractivity contribution >= 4 is 40.8 Å². The summed E-state index contributed by atoms with van der Waals surface area (Å²) in [4.78, 5) is 29.9. The Morgan fingerprint density at radius 3 is 2.72 bits per heavy atom. The van der Waals surface area contributed by atoms with Crippen molar-refractivity contribution in [3.8, 4) is 5.88 Å². The number of methoxy groups -OCH3 is 1. The maximum Gasteiger partial charge on any atom is 0.255 e. The van der Waals surface area contributed by atoms with Crippen LogP contribution in [0.2, 0.25) is 4.34 Å². The topological polar surface area (TPSA) is 96.9 Å². The lowest BCUT2D eigenvalue weighted by Gasteiger charge is -2.41. The minimum atomic E-state index is -0.918. The number of ether oxygens (including phenoxy) is 1. The number of guanidine groups is 1. The summed E-state index contributed by atoms with van der Waals surface area (Å²) in [6, 6.07) is 3.61. The number of aromatic nitrogens is 2. The highest BCUT2D eigenvalue weighted by atomic mass is 35.5. The van der Waals surface area contributed by atoms with Crippen LogP contribution in [0.25, 0.3) is 0 Å². The highest BCUT2D eigenvalue weighted by Gasteiger charge is 2.47. The first-order valence-corrected chi connectivity index (χ1v) is 9.96. The van der Waals surface area contributed by atoms with Gasteiger partial charge in [0, 0.05) is 25.5 Å². The molecule has 0 saturated heterocycles. The van der Waals surface area contributed by atoms with E-state index in [0.717, 1.165) is 4.88 Å². The number of nitrogens with two attached hydrogens (primary N) is 1. The number of aliphatic imine (C=N–C) groups is 1. The van der Waals surface area contributed by atoms with Crippen LogP contribution < -0.4 is 15.4 Å². The molecule has 2 N–H and O–H groups in total. The molecule has 3 rings (SSSR count). The Morgan fingerprint density at radius 1 is 1.45 bits per heavy atom. The van der Waals surface area contributed by atoms with Gasteiger partial charge in [-0.3, -0.25) is 9.69 Å². The highest BCUT2D eigenvalue weighted by molar-refractivity contribution is 7.16. The standard InChI is InChI=1S/C18H22ClFN6O2S/c1-9-13(20)14(28-5)23-17(22-9)25(3)8-10-15(27)26(4)16(21)24-18(10,2)11-6-7-12(19)29-11/h6-7,10H,8H2,1-5H3,(H2,21,24)/t10-,18-/m0/s1. The molecular formula is C18H22ClFN6O2S. The molecule has 29 heavy (non-hydrogen) atoms. The summed E-state index contributed by atoms with van der Waals surface area (Å²) in [5.41, 5.74) is 5.23. The minimum Gasteiger partial charge on any atom is -0.479 e. The van der Waals surface area contributed by atoms with E-state index in [2.05, 4.69) is 15.0 Å². The Kier molecular flexibility index (Phi) is 5.68. The molecule has 156 valence electrons. The third kappa shape index (κ3) is 3.74. The van der Waals surface area contributed by atoms with Gasteiger partial charge in [-0.15, -0.1) is 11.3 Å². The number of nitrogens with zero attached hydrogens (tertiary/aromatic N) is 5. The fourth-order valence-electron chi connectivity index (χ4n) is 3.23. The molecule has 0 spiro atoms. The van der Waals surface area contributed by atoms with Crippen LogP contribution in [0, 0.1) is 18.7 Å². The molecule has 0 aliphatic carbocycles. The molecule has 0 unspecified atom stereocenters. The fraction of sp³-hybridized carbons (Fsp3) is 0.444. The zero-order chi connectivity index (χ0) is 21.5. The van der Waals surface area contributed by atoms with Gasteiger partial charge in [0.2, 0.25) is 17.7 Å². The number of hydrogen-bond donors (Lipinski definition) is 1. The van der Waals surface area contributed by atoms with E-state index in [0.29, 0.717) is 4.34 Å². The van der Waals surface area contributed by atoms with Crippen molar-refractivity contribution in [1.82, 2.24) is 14.9 Å². The van der Waals surface area contributed by atoms with Gasteiger partial charge in [0.25, 0.3) is 5.88 Å². The van der Waals surface area contributed by atoms with Crippen LogP contribution in [0.3, 0.4) is 0 Å². The van der Waals surface area contributed by atoms with Crippen LogP contribution in [-0.4, -0.2) is 54.5 Å². The predicted molar refractivity (Wildman–Crippen MR) is 111 cm³/mol. The first-order chi connectivity index (χ1) is 13.6. The van der Waals surface area contributed by atoms with Crippen molar-refractivity contribution in [2.75, 3.05) is 32.6 Å². The third-order valence-corrected chi connectivity index (χ3v) is 6.49. The number of carbonyl (C=O) groups excluding carboxylic acids is 1. The van der Waals surface area contributed by atoms with Crippen molar-refractivity contribution in [3.63, 3.8) is 0 Å². The summed E-state index contributed by atoms with van der Waals surface area (Å²) in [6.45, 7) is 3.60. The van der Waals surface area contributed by atoms with E-state index < -0.39 is 17.3 Å². The number of rotatable bonds is 5. The molecular weight excluding hydrogens is 419 g/mol. The maximum absolute atomic E-state index is 14.0. The van der Waals surface area contributed by atoms with Crippen LogP contribution in [-0.2, 0) is 10.3 Å². The van der Waals surface area contributed by atoms with E-state index in [-0.39, 0.29) is 35.9 Å². The Balaban J connectivity index is 2.01. The summed E-state index contributed by atoms with van der Waals surface area (Å²) in [6.07, 6.45) is 0. The molecule has 0 fully saturated rings. The van der Waals surface area contributed by atoms with Gasteiger partial charge in [-0.1, -0.05) is 11.6 Å². The van der Waals surface area contributed by atoms with E-state index in [9.17, 15) is 9.18 Å². The van der Waals surface area contributed by atoms with Crippen LogP contribution >= 0.6 is 22.9 Å². The first-order valence-electron chi connectivity index (χ1n) is 8.76. The second kappa shape index (κ2) is 7.75. The average Bonchev–Trinajstić information content (AvgIpc) is 3.12. The number of aryl methyl sites for hydroxylation is 1. The lowest BCUT2D eigenvalue weighted by atomic mass is 9.82. The van der Waals surface area contributed by atoms with Gasteiger partial charge in [0.1, 0.15) is 5.54 Å². The van der Waals surface area contributed by atoms with E-state index >= 15 is 0 Å². The van der Waals surface area contributed by atoms with E-state index in [4.69, 9.17) is 22.1 Å². The molecule has 2 aromatic rings. The van der Waals surface area contributed by atoms with Crippen molar-refractivity contribution < 1.29 is 13.9 Å². The molecule has 0 radical (unpaired) electrons. The van der Waals surface area contributed by atoms with Crippen molar-refractivity contribution in [3.05, 3.63) is 32.9 Å². The largest absolute Gasteiger partial charge is 0.479 e. The first kappa shape index (κ1) is 21.3. The van der Waals surface area contributed by atoms with Gasteiger partial charge in [0.05, 0.1) is 23.1 Å². The third-order valence-electron chi connectivity index (χ3n) is 5.04. The lowest BCUT2D eigenvalue weighted by molar-refractivity contribution is -0.133. The van der Waals surface area contributed by atoms with E-state index in [1.807, 2.05) is 13.0 Å². The second-order valence-electron chi connectivity index (χ2n) is 6.98. The second-order valence-corrected chi connectivity index (χ2v) is 8.70. The molecule has 0 bridgehead atoms. The minimum absolute atomic E-state index is 0.136. The average molecular weight is 441 g/mol. The normalized spacial score (nSPS) is 21.9. The van der Waals surface area contributed by atoms with Gasteiger partial charge < -0.3 is 15.4 Å². The van der Waals surface area contributed by atoms with Crippen molar-refractivity contribution in [2.24, 2.45) is 16.6 Å². The molecule has 8 nitrogen and oxygen atoms in total. The molecule has 2 aromatic heterocycles. The quantitative estimate of drug-likeness (QED) is 0.766. The van der Waals surface area contributed by atoms with Crippen LogP contribution in [0.1, 0.15) is 17.5 Å². The van der Waals surface area contributed by atoms with E-state index in [1.54, 1.807) is 25.1 Å². The Labute approximate surface area is 177 Å². The van der Waals surface area contributed by atoms with Gasteiger partial charge >= 0.3 is 0 Å². The number of carbonyl (C=O) groups is 1. The van der Waals surface area contributed by atoms with Gasteiger partial charge in [-0.2, -0.15) is 9.37 Å². The van der Waals surface area contributed by atoms with Crippen LogP contribution in [0.15, 0.2) is 17.1 Å². The van der Waals surface area contributed by atoms with Gasteiger partial charge in [-0.05, 0) is 26.0 Å². The molecule has 1 aliphatic heterocycles. The smallest absolute Gasteiger partial charge is 0.255 e. The van der Waals surface area contributed by atoms with Crippen LogP contribution in [0.5, 0.6) is 5.88 Å². The van der Waals surface area contributed by atoms with Gasteiger partial charge in [-0.25, -0.2) is 9.98 Å².